The van der Waals surface area contributed by atoms with Gasteiger partial charge < -0.3 is 5.11 Å². The summed E-state index contributed by atoms with van der Waals surface area (Å²) in [5.41, 5.74) is 0. The van der Waals surface area contributed by atoms with Crippen LogP contribution < -0.4 is 0 Å². The van der Waals surface area contributed by atoms with Gasteiger partial charge in [0.2, 0.25) is 0 Å². The van der Waals surface area contributed by atoms with Gasteiger partial charge in [-0.05, 0) is 38.5 Å². The zero-order valence-electron chi connectivity index (χ0n) is 10.4. The van der Waals surface area contributed by atoms with E-state index in [0.29, 0.717) is 5.75 Å². The van der Waals surface area contributed by atoms with Crippen LogP contribution in [0.3, 0.4) is 0 Å². The summed E-state index contributed by atoms with van der Waals surface area (Å²) in [6.45, 7) is 7.31. The second kappa shape index (κ2) is 8.32. The molecule has 0 aliphatic heterocycles. The molecular formula is C9H19O5PS2. The van der Waals surface area contributed by atoms with E-state index in [-0.39, 0.29) is 26.3 Å². The van der Waals surface area contributed by atoms with Crippen molar-refractivity contribution in [3.05, 3.63) is 0 Å². The average Bonchev–Trinajstić information content (AvgIpc) is 2.14. The highest BCUT2D eigenvalue weighted by molar-refractivity contribution is 9.08. The van der Waals surface area contributed by atoms with Gasteiger partial charge in [-0.2, -0.15) is 0 Å². The quantitative estimate of drug-likeness (QED) is 0.516. The molecule has 8 heteroatoms. The minimum absolute atomic E-state index is 0.00214. The first-order chi connectivity index (χ1) is 7.81. The summed E-state index contributed by atoms with van der Waals surface area (Å²) >= 11 is 0. The first-order valence-electron chi connectivity index (χ1n) is 5.22. The van der Waals surface area contributed by atoms with Crippen LogP contribution in [0.2, 0.25) is 0 Å². The standard InChI is InChI=1S/C9H19O5PS2/c1-7(2)13-17(15-12,14-8(3)4)16-6-5-9(10)11/h7-8H,5-6H2,1-4H3,(H,10,11). The Morgan fingerprint density at radius 3 is 2.06 bits per heavy atom. The summed E-state index contributed by atoms with van der Waals surface area (Å²) in [4.78, 5) is 10.5. The summed E-state index contributed by atoms with van der Waals surface area (Å²) in [6.07, 6.45) is -0.247. The zero-order chi connectivity index (χ0) is 13.5. The molecule has 0 radical (unpaired) electrons. The lowest BCUT2D eigenvalue weighted by molar-refractivity contribution is -0.136. The molecule has 0 saturated heterocycles. The molecule has 0 saturated carbocycles. The molecule has 0 unspecified atom stereocenters. The van der Waals surface area contributed by atoms with Gasteiger partial charge in [-0.3, -0.25) is 13.2 Å². The van der Waals surface area contributed by atoms with Crippen LogP contribution in [0.1, 0.15) is 34.1 Å². The van der Waals surface area contributed by atoms with Crippen molar-refractivity contribution >= 4 is 33.7 Å². The normalized spacial score (nSPS) is 13.5. The second-order valence-corrected chi connectivity index (χ2v) is 10.4. The van der Waals surface area contributed by atoms with Crippen molar-refractivity contribution in [1.82, 2.24) is 0 Å². The van der Waals surface area contributed by atoms with Crippen molar-refractivity contribution in [3.63, 3.8) is 0 Å². The van der Waals surface area contributed by atoms with Gasteiger partial charge in [0.15, 0.2) is 0 Å². The fraction of sp³-hybridized carbons (Fsp3) is 0.889. The van der Waals surface area contributed by atoms with Gasteiger partial charge in [-0.25, -0.2) is 4.57 Å². The Labute approximate surface area is 109 Å². The summed E-state index contributed by atoms with van der Waals surface area (Å²) in [7, 11) is -1.30. The number of rotatable bonds is 9. The third-order valence-electron chi connectivity index (χ3n) is 1.27. The van der Waals surface area contributed by atoms with Crippen LogP contribution in [0, 0.1) is 0 Å². The Kier molecular flexibility index (Phi) is 8.41. The molecule has 0 aliphatic carbocycles. The van der Waals surface area contributed by atoms with Gasteiger partial charge in [-0.1, -0.05) is 9.24 Å². The van der Waals surface area contributed by atoms with Crippen LogP contribution >= 0.6 is 27.7 Å². The summed E-state index contributed by atoms with van der Waals surface area (Å²) in [5, 5.41) is 8.58. The lowest BCUT2D eigenvalue weighted by Gasteiger charge is -2.37. The number of hydrogen-bond acceptors (Lipinski definition) is 5. The van der Waals surface area contributed by atoms with Crippen molar-refractivity contribution in [2.24, 2.45) is 0 Å². The molecule has 0 fully saturated rings. The number of hydrogen-bond donors (Lipinski definition) is 1. The van der Waals surface area contributed by atoms with Crippen molar-refractivity contribution in [2.45, 2.75) is 46.3 Å². The Morgan fingerprint density at radius 1 is 1.29 bits per heavy atom. The highest BCUT2D eigenvalue weighted by atomic mass is 33.4. The summed E-state index contributed by atoms with van der Waals surface area (Å²) in [6, 6.07) is 0. The Hall–Kier alpha value is 0.190. The maximum atomic E-state index is 11.3. The maximum absolute atomic E-state index is 11.3. The predicted molar refractivity (Wildman–Crippen MR) is 72.4 cm³/mol. The van der Waals surface area contributed by atoms with Crippen LogP contribution in [0.5, 0.6) is 0 Å². The van der Waals surface area contributed by atoms with Gasteiger partial charge >= 0.3 is 13.6 Å². The van der Waals surface area contributed by atoms with Gasteiger partial charge in [-0.15, -0.1) is 0 Å². The van der Waals surface area contributed by atoms with Crippen molar-refractivity contribution in [2.75, 3.05) is 5.75 Å². The molecule has 1 N–H and O–H groups in total. The smallest absolute Gasteiger partial charge is 0.304 e. The number of carboxylic acids is 1. The molecule has 0 amide bonds. The minimum atomic E-state index is -2.26. The first-order valence-corrected chi connectivity index (χ1v) is 9.62. The number of aliphatic carboxylic acids is 1. The van der Waals surface area contributed by atoms with Crippen LogP contribution in [-0.4, -0.2) is 29.0 Å². The van der Waals surface area contributed by atoms with E-state index in [4.69, 9.17) is 13.5 Å². The fourth-order valence-electron chi connectivity index (χ4n) is 0.856. The molecule has 0 bridgehead atoms. The van der Waals surface area contributed by atoms with Crippen LogP contribution in [0.4, 0.5) is 0 Å². The topological polar surface area (TPSA) is 72.8 Å². The van der Waals surface area contributed by atoms with E-state index in [9.17, 15) is 9.36 Å². The molecule has 0 spiro atoms. The van der Waals surface area contributed by atoms with E-state index in [2.05, 4.69) is 0 Å². The number of carboxylic acid groups (broad SMARTS) is 1. The van der Waals surface area contributed by atoms with Crippen LogP contribution in [0.25, 0.3) is 0 Å². The van der Waals surface area contributed by atoms with Crippen molar-refractivity contribution in [3.8, 4) is 0 Å². The Balaban J connectivity index is 4.54. The van der Waals surface area contributed by atoms with Crippen LogP contribution in [0.15, 0.2) is 0 Å². The molecule has 0 rings (SSSR count). The average molecular weight is 302 g/mol. The number of carbonyl (C=O) groups is 1. The second-order valence-electron chi connectivity index (χ2n) is 3.76. The third-order valence-corrected chi connectivity index (χ3v) is 7.80. The fourth-order valence-corrected chi connectivity index (χ4v) is 7.16. The largest absolute Gasteiger partial charge is 0.481 e. The molecule has 17 heavy (non-hydrogen) atoms. The zero-order valence-corrected chi connectivity index (χ0v) is 12.9. The van der Waals surface area contributed by atoms with Gasteiger partial charge in [0, 0.05) is 5.75 Å². The molecule has 102 valence electrons. The third kappa shape index (κ3) is 8.00. The molecule has 0 aromatic rings. The van der Waals surface area contributed by atoms with E-state index in [0.717, 1.165) is 0 Å². The molecule has 0 heterocycles. The van der Waals surface area contributed by atoms with Gasteiger partial charge in [0.25, 0.3) is 0 Å². The molecule has 0 aliphatic rings. The molecular weight excluding hydrogens is 283 g/mol. The Morgan fingerprint density at radius 2 is 1.76 bits per heavy atom. The lowest BCUT2D eigenvalue weighted by atomic mass is 10.5. The SMILES string of the molecule is CC(C)OS(OC(C)C)(P=O)SCCC(=O)O. The van der Waals surface area contributed by atoms with Gasteiger partial charge in [0.1, 0.15) is 0 Å². The van der Waals surface area contributed by atoms with E-state index in [1.165, 1.54) is 10.8 Å². The summed E-state index contributed by atoms with van der Waals surface area (Å²) < 4.78 is 22.5. The monoisotopic (exact) mass is 302 g/mol. The maximum Gasteiger partial charge on any atom is 0.304 e. The molecule has 0 aromatic heterocycles. The molecule has 0 atom stereocenters. The van der Waals surface area contributed by atoms with E-state index < -0.39 is 15.2 Å². The van der Waals surface area contributed by atoms with Crippen molar-refractivity contribution in [1.29, 1.82) is 0 Å². The molecule has 0 aromatic carbocycles. The van der Waals surface area contributed by atoms with Crippen LogP contribution in [-0.2, 0) is 17.7 Å². The van der Waals surface area contributed by atoms with Gasteiger partial charge in [0.05, 0.1) is 18.6 Å². The van der Waals surface area contributed by atoms with E-state index in [1.54, 1.807) is 0 Å². The highest BCUT2D eigenvalue weighted by Crippen LogP contribution is 2.72. The minimum Gasteiger partial charge on any atom is -0.481 e. The Bertz CT molecular complexity index is 250. The molecule has 5 nitrogen and oxygen atoms in total. The summed E-state index contributed by atoms with van der Waals surface area (Å²) in [5.74, 6) is -0.568. The van der Waals surface area contributed by atoms with Crippen molar-refractivity contribution < 1.29 is 22.8 Å². The van der Waals surface area contributed by atoms with E-state index >= 15 is 0 Å². The first kappa shape index (κ1) is 17.2. The highest BCUT2D eigenvalue weighted by Gasteiger charge is 2.27. The van der Waals surface area contributed by atoms with E-state index in [1.807, 2.05) is 27.7 Å². The lowest BCUT2D eigenvalue weighted by Crippen LogP contribution is -2.11. The predicted octanol–water partition coefficient (Wildman–Crippen LogP) is 3.80.